The van der Waals surface area contributed by atoms with E-state index >= 15 is 0 Å². The van der Waals surface area contributed by atoms with Crippen LogP contribution in [0.3, 0.4) is 0 Å². The molecule has 80 valence electrons. The molecule has 2 aliphatic rings. The van der Waals surface area contributed by atoms with Crippen molar-refractivity contribution in [2.24, 2.45) is 5.92 Å². The summed E-state index contributed by atoms with van der Waals surface area (Å²) in [6.45, 7) is 1.95. The van der Waals surface area contributed by atoms with E-state index in [4.69, 9.17) is 0 Å². The van der Waals surface area contributed by atoms with Crippen molar-refractivity contribution < 1.29 is 4.39 Å². The van der Waals surface area contributed by atoms with Crippen molar-refractivity contribution in [1.29, 1.82) is 0 Å². The average Bonchev–Trinajstić information content (AvgIpc) is 2.97. The van der Waals surface area contributed by atoms with E-state index in [9.17, 15) is 4.39 Å². The summed E-state index contributed by atoms with van der Waals surface area (Å²) in [4.78, 5) is 0. The van der Waals surface area contributed by atoms with E-state index in [2.05, 4.69) is 10.6 Å². The topological polar surface area (TPSA) is 24.1 Å². The Kier molecular flexibility index (Phi) is 2.13. The maximum Gasteiger partial charge on any atom is 0.123 e. The van der Waals surface area contributed by atoms with Crippen LogP contribution in [0.15, 0.2) is 18.2 Å². The molecule has 0 saturated heterocycles. The van der Waals surface area contributed by atoms with Crippen molar-refractivity contribution in [3.05, 3.63) is 29.6 Å². The van der Waals surface area contributed by atoms with Gasteiger partial charge in [0.15, 0.2) is 0 Å². The molecular formula is C12H15FN2. The lowest BCUT2D eigenvalue weighted by atomic mass is 10.1. The van der Waals surface area contributed by atoms with Gasteiger partial charge >= 0.3 is 0 Å². The van der Waals surface area contributed by atoms with Crippen LogP contribution in [0.1, 0.15) is 24.4 Å². The van der Waals surface area contributed by atoms with Gasteiger partial charge < -0.3 is 10.6 Å². The van der Waals surface area contributed by atoms with Gasteiger partial charge in [0.2, 0.25) is 0 Å². The first-order valence-electron chi connectivity index (χ1n) is 5.59. The predicted molar refractivity (Wildman–Crippen MR) is 58.4 cm³/mol. The highest BCUT2D eigenvalue weighted by molar-refractivity contribution is 5.57. The molecule has 15 heavy (non-hydrogen) atoms. The summed E-state index contributed by atoms with van der Waals surface area (Å²) in [6, 6.07) is 5.26. The van der Waals surface area contributed by atoms with Gasteiger partial charge in [-0.3, -0.25) is 0 Å². The van der Waals surface area contributed by atoms with Crippen LogP contribution in [-0.2, 0) is 0 Å². The lowest BCUT2D eigenvalue weighted by Crippen LogP contribution is -2.24. The number of hydrogen-bond donors (Lipinski definition) is 2. The Morgan fingerprint density at radius 2 is 2.27 bits per heavy atom. The Morgan fingerprint density at radius 3 is 3.07 bits per heavy atom. The molecule has 1 heterocycles. The van der Waals surface area contributed by atoms with Crippen molar-refractivity contribution >= 4 is 5.69 Å². The average molecular weight is 206 g/mol. The second-order valence-corrected chi connectivity index (χ2v) is 4.52. The smallest absolute Gasteiger partial charge is 0.123 e. The van der Waals surface area contributed by atoms with Crippen LogP contribution in [0.5, 0.6) is 0 Å². The molecule has 2 N–H and O–H groups in total. The summed E-state index contributed by atoms with van der Waals surface area (Å²) < 4.78 is 13.1. The molecule has 0 bridgehead atoms. The van der Waals surface area contributed by atoms with Gasteiger partial charge in [0.05, 0.1) is 6.04 Å². The number of halogens is 1. The molecule has 1 aromatic carbocycles. The largest absolute Gasteiger partial charge is 0.383 e. The van der Waals surface area contributed by atoms with Crippen LogP contribution in [0.25, 0.3) is 0 Å². The number of anilines is 1. The highest BCUT2D eigenvalue weighted by atomic mass is 19.1. The van der Waals surface area contributed by atoms with Crippen molar-refractivity contribution in [1.82, 2.24) is 5.32 Å². The molecule has 1 aromatic rings. The van der Waals surface area contributed by atoms with Gasteiger partial charge in [-0.25, -0.2) is 4.39 Å². The predicted octanol–water partition coefficient (Wildman–Crippen LogP) is 2.29. The molecular weight excluding hydrogens is 191 g/mol. The van der Waals surface area contributed by atoms with E-state index in [1.165, 1.54) is 18.9 Å². The van der Waals surface area contributed by atoms with Gasteiger partial charge in [0.25, 0.3) is 0 Å². The molecule has 0 radical (unpaired) electrons. The Labute approximate surface area is 88.9 Å². The molecule has 1 fully saturated rings. The molecule has 1 aliphatic heterocycles. The van der Waals surface area contributed by atoms with E-state index in [1.54, 1.807) is 6.07 Å². The van der Waals surface area contributed by atoms with Crippen molar-refractivity contribution in [3.8, 4) is 0 Å². The monoisotopic (exact) mass is 206 g/mol. The van der Waals surface area contributed by atoms with Crippen molar-refractivity contribution in [2.45, 2.75) is 18.9 Å². The van der Waals surface area contributed by atoms with Crippen LogP contribution in [0.4, 0.5) is 10.1 Å². The fourth-order valence-corrected chi connectivity index (χ4v) is 2.12. The Bertz CT molecular complexity index is 374. The zero-order valence-corrected chi connectivity index (χ0v) is 8.59. The Morgan fingerprint density at radius 1 is 1.40 bits per heavy atom. The molecule has 2 nitrogen and oxygen atoms in total. The van der Waals surface area contributed by atoms with Crippen LogP contribution in [0, 0.1) is 11.7 Å². The van der Waals surface area contributed by atoms with Crippen LogP contribution < -0.4 is 10.6 Å². The number of fused-ring (bicyclic) bond motifs is 1. The lowest BCUT2D eigenvalue weighted by molar-refractivity contribution is 0.543. The van der Waals surface area contributed by atoms with Gasteiger partial charge in [-0.2, -0.15) is 0 Å². The number of benzene rings is 1. The normalized spacial score (nSPS) is 23.7. The first-order chi connectivity index (χ1) is 7.33. The van der Waals surface area contributed by atoms with E-state index in [-0.39, 0.29) is 11.9 Å². The third-order valence-electron chi connectivity index (χ3n) is 3.24. The van der Waals surface area contributed by atoms with Crippen LogP contribution in [-0.4, -0.2) is 13.1 Å². The molecule has 1 atom stereocenters. The van der Waals surface area contributed by atoms with Crippen molar-refractivity contribution in [3.63, 3.8) is 0 Å². The standard InChI is InChI=1S/C12H15FN2/c13-9-3-4-11-10(5-9)12(7-15-11)14-6-8-1-2-8/h3-5,8,12,14-15H,1-2,6-7H2/t12-/m0/s1. The van der Waals surface area contributed by atoms with Crippen LogP contribution in [0.2, 0.25) is 0 Å². The first kappa shape index (κ1) is 9.16. The Hall–Kier alpha value is -1.09. The molecule has 0 unspecified atom stereocenters. The molecule has 0 aromatic heterocycles. The summed E-state index contributed by atoms with van der Waals surface area (Å²) in [5, 5.41) is 6.79. The second kappa shape index (κ2) is 3.49. The molecule has 0 spiro atoms. The molecule has 1 saturated carbocycles. The molecule has 0 amide bonds. The van der Waals surface area contributed by atoms with E-state index in [0.717, 1.165) is 30.3 Å². The summed E-state index contributed by atoms with van der Waals surface area (Å²) in [6.07, 6.45) is 2.70. The fraction of sp³-hybridized carbons (Fsp3) is 0.500. The summed E-state index contributed by atoms with van der Waals surface area (Å²) in [5.41, 5.74) is 2.15. The second-order valence-electron chi connectivity index (χ2n) is 4.52. The maximum absolute atomic E-state index is 13.1. The number of rotatable bonds is 3. The maximum atomic E-state index is 13.1. The van der Waals surface area contributed by atoms with Gasteiger partial charge in [-0.05, 0) is 49.1 Å². The quantitative estimate of drug-likeness (QED) is 0.793. The molecule has 3 heteroatoms. The van der Waals surface area contributed by atoms with Gasteiger partial charge in [-0.15, -0.1) is 0 Å². The summed E-state index contributed by atoms with van der Waals surface area (Å²) in [5.74, 6) is 0.721. The summed E-state index contributed by atoms with van der Waals surface area (Å²) in [7, 11) is 0. The lowest BCUT2D eigenvalue weighted by Gasteiger charge is -2.12. The van der Waals surface area contributed by atoms with E-state index in [0.29, 0.717) is 0 Å². The first-order valence-corrected chi connectivity index (χ1v) is 5.59. The van der Waals surface area contributed by atoms with Gasteiger partial charge in [-0.1, -0.05) is 0 Å². The zero-order valence-electron chi connectivity index (χ0n) is 8.59. The zero-order chi connectivity index (χ0) is 10.3. The number of hydrogen-bond acceptors (Lipinski definition) is 2. The van der Waals surface area contributed by atoms with E-state index in [1.807, 2.05) is 6.07 Å². The third-order valence-corrected chi connectivity index (χ3v) is 3.24. The minimum Gasteiger partial charge on any atom is -0.383 e. The van der Waals surface area contributed by atoms with Crippen molar-refractivity contribution in [2.75, 3.05) is 18.4 Å². The van der Waals surface area contributed by atoms with Crippen LogP contribution >= 0.6 is 0 Å². The highest BCUT2D eigenvalue weighted by Gasteiger charge is 2.26. The van der Waals surface area contributed by atoms with Gasteiger partial charge in [0, 0.05) is 12.2 Å². The molecule has 3 rings (SSSR count). The van der Waals surface area contributed by atoms with Gasteiger partial charge in [0.1, 0.15) is 5.82 Å². The van der Waals surface area contributed by atoms with E-state index < -0.39 is 0 Å². The summed E-state index contributed by atoms with van der Waals surface area (Å²) >= 11 is 0. The minimum absolute atomic E-state index is 0.143. The molecule has 1 aliphatic carbocycles. The Balaban J connectivity index is 1.74. The SMILES string of the molecule is Fc1ccc2c(c1)[C@@H](NCC1CC1)CN2. The number of nitrogens with one attached hydrogen (secondary N) is 2. The minimum atomic E-state index is -0.143. The highest BCUT2D eigenvalue weighted by Crippen LogP contribution is 2.32. The third kappa shape index (κ3) is 1.84. The fourth-order valence-electron chi connectivity index (χ4n) is 2.12.